The highest BCUT2D eigenvalue weighted by atomic mass is 16.6. The minimum absolute atomic E-state index is 0.0886. The van der Waals surface area contributed by atoms with E-state index in [4.69, 9.17) is 14.2 Å². The molecule has 0 aliphatic carbocycles. The first-order chi connectivity index (χ1) is 34.5. The molecule has 0 fully saturated rings. The molecule has 0 aliphatic heterocycles. The monoisotopic (exact) mass is 971 g/mol. The van der Waals surface area contributed by atoms with E-state index in [9.17, 15) is 14.4 Å². The molecule has 6 nitrogen and oxygen atoms in total. The third kappa shape index (κ3) is 55.0. The summed E-state index contributed by atoms with van der Waals surface area (Å²) in [5.41, 5.74) is 0. The largest absolute Gasteiger partial charge is 0.462 e. The Kier molecular flexibility index (Phi) is 54.4. The van der Waals surface area contributed by atoms with Gasteiger partial charge in [-0.25, -0.2) is 0 Å². The van der Waals surface area contributed by atoms with E-state index in [1.165, 1.54) is 96.3 Å². The smallest absolute Gasteiger partial charge is 0.306 e. The minimum Gasteiger partial charge on any atom is -0.462 e. The average molecular weight is 972 g/mol. The lowest BCUT2D eigenvalue weighted by Gasteiger charge is -2.18. The highest BCUT2D eigenvalue weighted by Crippen LogP contribution is 2.14. The molecule has 0 aromatic rings. The molecule has 0 heterocycles. The fourth-order valence-corrected chi connectivity index (χ4v) is 7.69. The van der Waals surface area contributed by atoms with Gasteiger partial charge in [0.1, 0.15) is 13.2 Å². The molecule has 1 unspecified atom stereocenters. The van der Waals surface area contributed by atoms with Crippen molar-refractivity contribution in [2.24, 2.45) is 0 Å². The Hall–Kier alpha value is -3.93. The van der Waals surface area contributed by atoms with Crippen LogP contribution >= 0.6 is 0 Å². The summed E-state index contributed by atoms with van der Waals surface area (Å²) in [6, 6.07) is 0. The Morgan fingerprint density at radius 3 is 0.886 bits per heavy atom. The van der Waals surface area contributed by atoms with Gasteiger partial charge >= 0.3 is 17.9 Å². The van der Waals surface area contributed by atoms with Crippen LogP contribution in [-0.2, 0) is 28.6 Å². The maximum Gasteiger partial charge on any atom is 0.306 e. The number of esters is 3. The van der Waals surface area contributed by atoms with Crippen LogP contribution in [0.15, 0.2) is 109 Å². The van der Waals surface area contributed by atoms with Gasteiger partial charge in [0.25, 0.3) is 0 Å². The van der Waals surface area contributed by atoms with Gasteiger partial charge in [0.2, 0.25) is 0 Å². The first-order valence-corrected chi connectivity index (χ1v) is 28.9. The number of hydrogen-bond donors (Lipinski definition) is 0. The summed E-state index contributed by atoms with van der Waals surface area (Å²) in [4.78, 5) is 37.9. The van der Waals surface area contributed by atoms with E-state index in [-0.39, 0.29) is 31.1 Å². The van der Waals surface area contributed by atoms with Gasteiger partial charge in [-0.15, -0.1) is 0 Å². The highest BCUT2D eigenvalue weighted by Gasteiger charge is 2.19. The van der Waals surface area contributed by atoms with E-state index in [0.29, 0.717) is 19.3 Å². The number of rotatable bonds is 51. The number of ether oxygens (including phenoxy) is 3. The average Bonchev–Trinajstić information content (AvgIpc) is 3.36. The third-order valence-corrected chi connectivity index (χ3v) is 12.0. The summed E-state index contributed by atoms with van der Waals surface area (Å²) >= 11 is 0. The first-order valence-electron chi connectivity index (χ1n) is 28.9. The van der Waals surface area contributed by atoms with Gasteiger partial charge in [-0.1, -0.05) is 239 Å². The van der Waals surface area contributed by atoms with Crippen LogP contribution in [0.2, 0.25) is 0 Å². The van der Waals surface area contributed by atoms with Crippen molar-refractivity contribution < 1.29 is 28.6 Å². The Bertz CT molecular complexity index is 1440. The molecule has 6 heteroatoms. The fourth-order valence-electron chi connectivity index (χ4n) is 7.69. The predicted molar refractivity (Wildman–Crippen MR) is 302 cm³/mol. The summed E-state index contributed by atoms with van der Waals surface area (Å²) in [7, 11) is 0. The van der Waals surface area contributed by atoms with Crippen molar-refractivity contribution in [1.82, 2.24) is 0 Å². The molecule has 0 saturated heterocycles. The van der Waals surface area contributed by atoms with Gasteiger partial charge in [-0.3, -0.25) is 14.4 Å². The minimum atomic E-state index is -0.789. The van der Waals surface area contributed by atoms with Crippen molar-refractivity contribution in [1.29, 1.82) is 0 Å². The van der Waals surface area contributed by atoms with Crippen molar-refractivity contribution in [2.45, 2.75) is 264 Å². The number of allylic oxidation sites excluding steroid dienone is 18. The summed E-state index contributed by atoms with van der Waals surface area (Å²) in [5, 5.41) is 0. The summed E-state index contributed by atoms with van der Waals surface area (Å²) < 4.78 is 16.7. The van der Waals surface area contributed by atoms with E-state index in [0.717, 1.165) is 122 Å². The molecule has 0 aliphatic rings. The zero-order chi connectivity index (χ0) is 50.7. The molecule has 0 saturated carbocycles. The van der Waals surface area contributed by atoms with E-state index >= 15 is 0 Å². The fraction of sp³-hybridized carbons (Fsp3) is 0.672. The van der Waals surface area contributed by atoms with Crippen LogP contribution in [0.25, 0.3) is 0 Å². The zero-order valence-electron chi connectivity index (χ0n) is 45.5. The van der Waals surface area contributed by atoms with Crippen molar-refractivity contribution in [2.75, 3.05) is 13.2 Å². The van der Waals surface area contributed by atoms with Crippen molar-refractivity contribution in [3.63, 3.8) is 0 Å². The van der Waals surface area contributed by atoms with E-state index in [1.54, 1.807) is 0 Å². The van der Waals surface area contributed by atoms with Crippen LogP contribution in [-0.4, -0.2) is 37.2 Å². The molecule has 0 radical (unpaired) electrons. The van der Waals surface area contributed by atoms with Crippen LogP contribution in [0.1, 0.15) is 258 Å². The molecule has 70 heavy (non-hydrogen) atoms. The molecular weight excluding hydrogens is 865 g/mol. The molecule has 0 amide bonds. The molecule has 0 N–H and O–H groups in total. The topological polar surface area (TPSA) is 78.9 Å². The standard InChI is InChI=1S/C64H106O6/c1-4-7-10-13-16-18-20-22-24-26-27-28-29-30-31-32-33-34-35-36-37-39-40-42-44-46-48-51-54-57-63(66)69-60-61(59-68-62(65)56-53-50-15-12-9-6-3)70-64(67)58-55-52-49-47-45-43-41-38-25-23-21-19-17-14-11-8-5-2/h7,10,16,18,22-25,27-28,30-31,33-34,36-37,40,42,61H,4-6,8-9,11-15,17,19-21,26,29,32,35,38-39,41,43-60H2,1-3H3/b10-7-,18-16-,24-22-,25-23-,28-27-,31-30-,34-33-,37-36-,42-40-. The van der Waals surface area contributed by atoms with Crippen molar-refractivity contribution in [3.8, 4) is 0 Å². The lowest BCUT2D eigenvalue weighted by atomic mass is 10.1. The van der Waals surface area contributed by atoms with Crippen LogP contribution in [0.5, 0.6) is 0 Å². The quantitative estimate of drug-likeness (QED) is 0.0262. The van der Waals surface area contributed by atoms with Gasteiger partial charge in [-0.2, -0.15) is 0 Å². The van der Waals surface area contributed by atoms with E-state index < -0.39 is 6.10 Å². The number of carbonyl (C=O) groups is 3. The molecule has 398 valence electrons. The van der Waals surface area contributed by atoms with Gasteiger partial charge in [0, 0.05) is 19.3 Å². The molecular formula is C64H106O6. The Morgan fingerprint density at radius 2 is 0.557 bits per heavy atom. The molecule has 1 atom stereocenters. The lowest BCUT2D eigenvalue weighted by Crippen LogP contribution is -2.30. The summed E-state index contributed by atoms with van der Waals surface area (Å²) in [6.45, 7) is 6.43. The van der Waals surface area contributed by atoms with Crippen molar-refractivity contribution in [3.05, 3.63) is 109 Å². The molecule has 0 rings (SSSR count). The van der Waals surface area contributed by atoms with Crippen molar-refractivity contribution >= 4 is 17.9 Å². The zero-order valence-corrected chi connectivity index (χ0v) is 45.5. The molecule has 0 aromatic heterocycles. The number of carbonyl (C=O) groups excluding carboxylic acids is 3. The van der Waals surface area contributed by atoms with Gasteiger partial charge in [-0.05, 0) is 109 Å². The Morgan fingerprint density at radius 1 is 0.300 bits per heavy atom. The van der Waals surface area contributed by atoms with Gasteiger partial charge < -0.3 is 14.2 Å². The second kappa shape index (κ2) is 57.6. The van der Waals surface area contributed by atoms with Gasteiger partial charge in [0.05, 0.1) is 0 Å². The Balaban J connectivity index is 4.22. The van der Waals surface area contributed by atoms with Crippen LogP contribution in [0.3, 0.4) is 0 Å². The second-order valence-corrected chi connectivity index (χ2v) is 18.8. The van der Waals surface area contributed by atoms with E-state index in [2.05, 4.69) is 130 Å². The maximum absolute atomic E-state index is 12.8. The normalized spacial score (nSPS) is 12.9. The first kappa shape index (κ1) is 66.1. The van der Waals surface area contributed by atoms with Crippen LogP contribution < -0.4 is 0 Å². The molecule has 0 aromatic carbocycles. The number of unbranched alkanes of at least 4 members (excludes halogenated alkanes) is 22. The Labute approximate surface area is 431 Å². The summed E-state index contributed by atoms with van der Waals surface area (Å²) in [6.07, 6.45) is 78.2. The van der Waals surface area contributed by atoms with Gasteiger partial charge in [0.15, 0.2) is 6.10 Å². The van der Waals surface area contributed by atoms with E-state index in [1.807, 2.05) is 0 Å². The molecule has 0 spiro atoms. The SMILES string of the molecule is CC/C=C\C/C=C\C/C=C\C/C=C\C/C=C\C/C=C\C/C=C\C/C=C\CCCCCCC(=O)OCC(COC(=O)CCCCCCCC)OC(=O)CCCCCCCCC/C=C\CCCCCCCC. The maximum atomic E-state index is 12.8. The third-order valence-electron chi connectivity index (χ3n) is 12.0. The van der Waals surface area contributed by atoms with Crippen LogP contribution in [0.4, 0.5) is 0 Å². The van der Waals surface area contributed by atoms with Crippen LogP contribution in [0, 0.1) is 0 Å². The highest BCUT2D eigenvalue weighted by molar-refractivity contribution is 5.71. The number of hydrogen-bond acceptors (Lipinski definition) is 6. The lowest BCUT2D eigenvalue weighted by molar-refractivity contribution is -0.167. The summed E-state index contributed by atoms with van der Waals surface area (Å²) in [5.74, 6) is -0.929. The molecule has 0 bridgehead atoms. The predicted octanol–water partition coefficient (Wildman–Crippen LogP) is 19.5. The second-order valence-electron chi connectivity index (χ2n) is 18.8.